The maximum absolute atomic E-state index is 8.88. The van der Waals surface area contributed by atoms with Crippen LogP contribution in [0.3, 0.4) is 0 Å². The normalized spacial score (nSPS) is 10.8. The monoisotopic (exact) mass is 237 g/mol. The molecule has 3 N–H and O–H groups in total. The minimum absolute atomic E-state index is 0.856. The van der Waals surface area contributed by atoms with E-state index in [4.69, 9.17) is 19.2 Å². The van der Waals surface area contributed by atoms with Crippen molar-refractivity contribution in [3.8, 4) is 0 Å². The first-order valence-electron chi connectivity index (χ1n) is 2.46. The molecule has 4 nitrogen and oxygen atoms in total. The van der Waals surface area contributed by atoms with Gasteiger partial charge >= 0.3 is 53.8 Å². The fourth-order valence-electron chi connectivity index (χ4n) is 0. The molecule has 0 rings (SSSR count). The van der Waals surface area contributed by atoms with Crippen LogP contribution in [0.15, 0.2) is 0 Å². The first-order valence-corrected chi connectivity index (χ1v) is 8.71. The van der Waals surface area contributed by atoms with Gasteiger partial charge in [-0.05, 0) is 0 Å². The molecule has 0 aromatic rings. The van der Waals surface area contributed by atoms with E-state index >= 15 is 0 Å². The van der Waals surface area contributed by atoms with E-state index in [1.807, 2.05) is 9.75 Å². The maximum Gasteiger partial charge on any atom is 0.466 e. The Morgan fingerprint density at radius 3 is 1.50 bits per heavy atom. The molecule has 0 unspecified atom stereocenters. The zero-order chi connectivity index (χ0) is 8.78. The van der Waals surface area contributed by atoms with Crippen LogP contribution >= 0.6 is 17.6 Å². The van der Waals surface area contributed by atoms with Crippen LogP contribution in [0.2, 0.25) is 0 Å². The Bertz CT molecular complexity index is 105. The fraction of sp³-hybridized carbons (Fsp3) is 1.00. The van der Waals surface area contributed by atoms with Crippen molar-refractivity contribution in [2.24, 2.45) is 0 Å². The van der Waals surface area contributed by atoms with E-state index < -0.39 is 7.82 Å². The van der Waals surface area contributed by atoms with Crippen molar-refractivity contribution in [1.29, 1.82) is 0 Å². The van der Waals surface area contributed by atoms with Crippen molar-refractivity contribution in [3.05, 3.63) is 0 Å². The summed E-state index contributed by atoms with van der Waals surface area (Å²) in [6.07, 6.45) is 0. The van der Waals surface area contributed by atoms with Crippen LogP contribution < -0.4 is 0 Å². The maximum atomic E-state index is 8.88. The van der Waals surface area contributed by atoms with Crippen LogP contribution in [0.25, 0.3) is 0 Å². The molecule has 0 saturated carbocycles. The Balaban J connectivity index is 0. The van der Waals surface area contributed by atoms with E-state index in [0.717, 1.165) is 5.25 Å². The third-order valence-corrected chi connectivity index (χ3v) is 5.20. The minimum Gasteiger partial charge on any atom is -0.303 e. The molecule has 0 aliphatic heterocycles. The average molecular weight is 239 g/mol. The molecule has 0 heterocycles. The summed E-state index contributed by atoms with van der Waals surface area (Å²) < 4.78 is 8.88. The van der Waals surface area contributed by atoms with Gasteiger partial charge in [-0.15, -0.1) is 0 Å². The Kier molecular flexibility index (Phi) is 9.25. The second kappa shape index (κ2) is 6.77. The van der Waals surface area contributed by atoms with E-state index in [1.165, 1.54) is 17.1 Å². The summed E-state index contributed by atoms with van der Waals surface area (Å²) >= 11 is 1.37. The SMILES string of the molecule is CC(C)[S][Zn].O=P(O)(O)O. The number of hydrogen-bond acceptors (Lipinski definition) is 2. The molecule has 0 aromatic heterocycles. The molecule has 59 valence electrons. The molecular weight excluding hydrogens is 228 g/mol. The van der Waals surface area contributed by atoms with Crippen molar-refractivity contribution < 1.29 is 36.3 Å². The van der Waals surface area contributed by atoms with Crippen LogP contribution in [0.4, 0.5) is 0 Å². The summed E-state index contributed by atoms with van der Waals surface area (Å²) in [7, 11) is -2.63. The summed E-state index contributed by atoms with van der Waals surface area (Å²) in [4.78, 5) is 21.6. The van der Waals surface area contributed by atoms with Crippen LogP contribution in [0.5, 0.6) is 0 Å². The van der Waals surface area contributed by atoms with Crippen molar-refractivity contribution in [3.63, 3.8) is 0 Å². The predicted octanol–water partition coefficient (Wildman–Crippen LogP) is 0.661. The molecule has 10 heavy (non-hydrogen) atoms. The van der Waals surface area contributed by atoms with E-state index in [0.29, 0.717) is 0 Å². The van der Waals surface area contributed by atoms with Gasteiger partial charge in [-0.1, -0.05) is 0 Å². The smallest absolute Gasteiger partial charge is 0.303 e. The Morgan fingerprint density at radius 1 is 1.40 bits per heavy atom. The van der Waals surface area contributed by atoms with Gasteiger partial charge < -0.3 is 14.7 Å². The molecule has 0 amide bonds. The molecule has 0 atom stereocenters. The van der Waals surface area contributed by atoms with Crippen molar-refractivity contribution in [2.75, 3.05) is 0 Å². The predicted molar refractivity (Wildman–Crippen MR) is 37.0 cm³/mol. The van der Waals surface area contributed by atoms with Gasteiger partial charge in [0, 0.05) is 0 Å². The summed E-state index contributed by atoms with van der Waals surface area (Å²) in [5.74, 6) is 0. The van der Waals surface area contributed by atoms with Crippen molar-refractivity contribution >= 4 is 17.6 Å². The summed E-state index contributed by atoms with van der Waals surface area (Å²) in [6.45, 7) is 4.43. The van der Waals surface area contributed by atoms with Gasteiger partial charge in [-0.3, -0.25) is 0 Å². The van der Waals surface area contributed by atoms with Crippen LogP contribution in [0, 0.1) is 0 Å². The topological polar surface area (TPSA) is 77.8 Å². The minimum atomic E-state index is -4.64. The largest absolute Gasteiger partial charge is 0.466 e. The van der Waals surface area contributed by atoms with Gasteiger partial charge in [0.1, 0.15) is 0 Å². The average Bonchev–Trinajstić information content (AvgIpc) is 1.61. The van der Waals surface area contributed by atoms with Gasteiger partial charge in [0.2, 0.25) is 0 Å². The number of hydrogen-bond donors (Lipinski definition) is 3. The zero-order valence-electron chi connectivity index (χ0n) is 5.89. The van der Waals surface area contributed by atoms with E-state index in [9.17, 15) is 0 Å². The Morgan fingerprint density at radius 2 is 1.50 bits per heavy atom. The summed E-state index contributed by atoms with van der Waals surface area (Å²) in [5.41, 5.74) is 0. The molecule has 0 spiro atoms. The summed E-state index contributed by atoms with van der Waals surface area (Å²) in [5, 5.41) is 0.856. The van der Waals surface area contributed by atoms with Crippen LogP contribution in [-0.4, -0.2) is 19.9 Å². The van der Waals surface area contributed by atoms with Gasteiger partial charge in [0.05, 0.1) is 0 Å². The molecule has 0 radical (unpaired) electrons. The third-order valence-electron chi connectivity index (χ3n) is 0.333. The molecule has 0 bridgehead atoms. The van der Waals surface area contributed by atoms with Gasteiger partial charge in [0.15, 0.2) is 0 Å². The zero-order valence-corrected chi connectivity index (χ0v) is 10.6. The van der Waals surface area contributed by atoms with E-state index in [2.05, 4.69) is 13.8 Å². The van der Waals surface area contributed by atoms with E-state index in [-0.39, 0.29) is 0 Å². The second-order valence-corrected chi connectivity index (χ2v) is 6.13. The van der Waals surface area contributed by atoms with E-state index in [1.54, 1.807) is 0 Å². The molecule has 0 fully saturated rings. The van der Waals surface area contributed by atoms with Gasteiger partial charge in [-0.2, -0.15) is 0 Å². The first-order chi connectivity index (χ1) is 4.27. The van der Waals surface area contributed by atoms with Gasteiger partial charge in [-0.25, -0.2) is 4.57 Å². The fourth-order valence-corrected chi connectivity index (χ4v) is 0. The van der Waals surface area contributed by atoms with Gasteiger partial charge in [0.25, 0.3) is 0 Å². The second-order valence-electron chi connectivity index (χ2n) is 1.73. The molecular formula is C3H10O4PSZn. The Labute approximate surface area is 73.2 Å². The molecule has 0 saturated heterocycles. The molecule has 0 aliphatic carbocycles. The summed E-state index contributed by atoms with van der Waals surface area (Å²) in [6, 6.07) is 0. The first kappa shape index (κ1) is 13.7. The Hall–Kier alpha value is 1.08. The standard InChI is InChI=1S/C3H8S.H3O4P.Zn/c1-3(2)4;1-5(2,3)4;/h3-4H,1-2H3;(H3,1,2,3,4);/q;;+1/p-1. The number of rotatable bonds is 1. The quantitative estimate of drug-likeness (QED) is 0.462. The molecule has 7 heteroatoms. The van der Waals surface area contributed by atoms with Crippen molar-refractivity contribution in [1.82, 2.24) is 0 Å². The molecule has 0 aromatic carbocycles. The molecule has 0 aliphatic rings. The third kappa shape index (κ3) is 62.4. The van der Waals surface area contributed by atoms with Crippen LogP contribution in [0.1, 0.15) is 13.8 Å². The van der Waals surface area contributed by atoms with Crippen molar-refractivity contribution in [2.45, 2.75) is 19.1 Å². The van der Waals surface area contributed by atoms with Crippen LogP contribution in [-0.2, 0) is 21.7 Å². The number of phosphoric acid groups is 1.